The summed E-state index contributed by atoms with van der Waals surface area (Å²) in [7, 11) is 0. The van der Waals surface area contributed by atoms with E-state index < -0.39 is 6.29 Å². The maximum Gasteiger partial charge on any atom is 0.243 e. The van der Waals surface area contributed by atoms with Crippen LogP contribution in [0.3, 0.4) is 0 Å². The van der Waals surface area contributed by atoms with Crippen LogP contribution in [0, 0.1) is 0 Å². The number of hydrogen-bond donors (Lipinski definition) is 4. The lowest BCUT2D eigenvalue weighted by molar-refractivity contribution is -0.253. The van der Waals surface area contributed by atoms with E-state index in [4.69, 9.17) is 14.7 Å². The molecule has 5 rings (SSSR count). The van der Waals surface area contributed by atoms with Gasteiger partial charge in [0.2, 0.25) is 11.8 Å². The van der Waals surface area contributed by atoms with E-state index in [0.29, 0.717) is 12.8 Å². The fourth-order valence-corrected chi connectivity index (χ4v) is 6.22. The SMILES string of the molecule is O=C(CCCCCCC(=O)Nc1ccc([C@@H]2O[C@H](CN3CCN(Cc4ccccc4)CC3)C[C@H](c3ccc(CO)cc3)O2)cc1)NO. The van der Waals surface area contributed by atoms with Crippen molar-refractivity contribution in [3.8, 4) is 0 Å². The molecule has 10 nitrogen and oxygen atoms in total. The topological polar surface area (TPSA) is 124 Å². The first-order valence-electron chi connectivity index (χ1n) is 16.8. The molecule has 0 saturated carbocycles. The molecule has 0 bridgehead atoms. The van der Waals surface area contributed by atoms with E-state index in [2.05, 4.69) is 45.4 Å². The number of carbonyl (C=O) groups excluding carboxylic acids is 2. The van der Waals surface area contributed by atoms with Gasteiger partial charge in [-0.15, -0.1) is 0 Å². The molecule has 2 amide bonds. The minimum absolute atomic E-state index is 0.00477. The van der Waals surface area contributed by atoms with Crippen molar-refractivity contribution >= 4 is 17.5 Å². The molecule has 47 heavy (non-hydrogen) atoms. The lowest BCUT2D eigenvalue weighted by Crippen LogP contribution is -2.49. The van der Waals surface area contributed by atoms with Gasteiger partial charge < -0.3 is 19.9 Å². The predicted molar refractivity (Wildman–Crippen MR) is 179 cm³/mol. The number of amides is 2. The molecule has 3 aromatic rings. The third-order valence-corrected chi connectivity index (χ3v) is 8.94. The molecule has 3 aromatic carbocycles. The van der Waals surface area contributed by atoms with Gasteiger partial charge in [0.1, 0.15) is 0 Å². The maximum absolute atomic E-state index is 12.5. The average molecular weight is 645 g/mol. The Balaban J connectivity index is 1.15. The highest BCUT2D eigenvalue weighted by atomic mass is 16.7. The summed E-state index contributed by atoms with van der Waals surface area (Å²) in [6.45, 7) is 5.82. The van der Waals surface area contributed by atoms with E-state index >= 15 is 0 Å². The fraction of sp³-hybridized carbons (Fsp3) is 0.459. The van der Waals surface area contributed by atoms with E-state index in [1.165, 1.54) is 5.56 Å². The van der Waals surface area contributed by atoms with Crippen LogP contribution in [0.4, 0.5) is 5.69 Å². The van der Waals surface area contributed by atoms with E-state index in [-0.39, 0.29) is 37.0 Å². The number of anilines is 1. The van der Waals surface area contributed by atoms with Crippen LogP contribution in [0.5, 0.6) is 0 Å². The highest BCUT2D eigenvalue weighted by Crippen LogP contribution is 2.38. The van der Waals surface area contributed by atoms with Crippen LogP contribution in [-0.4, -0.2) is 70.8 Å². The summed E-state index contributed by atoms with van der Waals surface area (Å²) in [6, 6.07) is 26.2. The number of carbonyl (C=O) groups is 2. The van der Waals surface area contributed by atoms with E-state index in [1.807, 2.05) is 48.5 Å². The minimum atomic E-state index is -0.548. The maximum atomic E-state index is 12.5. The summed E-state index contributed by atoms with van der Waals surface area (Å²) in [5, 5.41) is 21.0. The van der Waals surface area contributed by atoms with Gasteiger partial charge in [-0.1, -0.05) is 79.6 Å². The summed E-state index contributed by atoms with van der Waals surface area (Å²) < 4.78 is 13.1. The highest BCUT2D eigenvalue weighted by molar-refractivity contribution is 5.90. The molecular formula is C37H48N4O6. The lowest BCUT2D eigenvalue weighted by Gasteiger charge is -2.40. The largest absolute Gasteiger partial charge is 0.392 e. The Hall–Kier alpha value is -3.64. The van der Waals surface area contributed by atoms with Gasteiger partial charge in [0.05, 0.1) is 18.8 Å². The van der Waals surface area contributed by atoms with Crippen LogP contribution in [0.25, 0.3) is 0 Å². The van der Waals surface area contributed by atoms with Crippen LogP contribution in [0.15, 0.2) is 78.9 Å². The van der Waals surface area contributed by atoms with Crippen molar-refractivity contribution in [2.45, 2.75) is 76.6 Å². The Morgan fingerprint density at radius 1 is 0.723 bits per heavy atom. The van der Waals surface area contributed by atoms with Gasteiger partial charge in [-0.2, -0.15) is 0 Å². The quantitative estimate of drug-likeness (QED) is 0.0996. The Morgan fingerprint density at radius 3 is 2.02 bits per heavy atom. The van der Waals surface area contributed by atoms with Gasteiger partial charge in [-0.25, -0.2) is 5.48 Å². The fourth-order valence-electron chi connectivity index (χ4n) is 6.22. The molecule has 2 saturated heterocycles. The highest BCUT2D eigenvalue weighted by Gasteiger charge is 2.33. The molecular weight excluding hydrogens is 596 g/mol. The minimum Gasteiger partial charge on any atom is -0.392 e. The Morgan fingerprint density at radius 2 is 1.36 bits per heavy atom. The van der Waals surface area contributed by atoms with Crippen molar-refractivity contribution in [1.29, 1.82) is 0 Å². The van der Waals surface area contributed by atoms with Crippen molar-refractivity contribution in [2.24, 2.45) is 0 Å². The summed E-state index contributed by atoms with van der Waals surface area (Å²) in [4.78, 5) is 28.6. The Labute approximate surface area is 277 Å². The van der Waals surface area contributed by atoms with Gasteiger partial charge in [0.15, 0.2) is 6.29 Å². The molecule has 0 radical (unpaired) electrons. The smallest absolute Gasteiger partial charge is 0.243 e. The second kappa shape index (κ2) is 18.1. The van der Waals surface area contributed by atoms with Crippen LogP contribution >= 0.6 is 0 Å². The molecule has 3 atom stereocenters. The number of hydroxylamine groups is 1. The molecule has 10 heteroatoms. The number of piperazine rings is 1. The zero-order valence-electron chi connectivity index (χ0n) is 27.1. The number of nitrogens with zero attached hydrogens (tertiary/aromatic N) is 2. The molecule has 4 N–H and O–H groups in total. The zero-order valence-corrected chi connectivity index (χ0v) is 27.1. The number of nitrogens with one attached hydrogen (secondary N) is 2. The van der Waals surface area contributed by atoms with Crippen LogP contribution in [0.2, 0.25) is 0 Å². The number of ether oxygens (including phenoxy) is 2. The van der Waals surface area contributed by atoms with Gasteiger partial charge in [0, 0.05) is 69.8 Å². The monoisotopic (exact) mass is 644 g/mol. The van der Waals surface area contributed by atoms with E-state index in [1.54, 1.807) is 5.48 Å². The molecule has 2 aliphatic rings. The van der Waals surface area contributed by atoms with Crippen LogP contribution in [-0.2, 0) is 32.2 Å². The summed E-state index contributed by atoms with van der Waals surface area (Å²) in [5.41, 5.74) is 6.52. The molecule has 0 aromatic heterocycles. The average Bonchev–Trinajstić information content (AvgIpc) is 3.11. The Bertz CT molecular complexity index is 1380. The normalized spacial score (nSPS) is 20.5. The standard InChI is InChI=1S/C37H48N4O6/c42-27-29-12-14-30(15-13-29)34-24-33(26-41-22-20-40(21-23-41)25-28-8-4-3-5-9-28)46-37(47-34)31-16-18-32(19-17-31)38-35(43)10-6-1-2-7-11-36(44)39-45/h3-5,8-9,12-19,33-34,37,42,45H,1-2,6-7,10-11,20-27H2,(H,38,43)(H,39,44)/t33-,34+,37+/m0/s1. The number of aliphatic hydroxyl groups excluding tert-OH is 1. The van der Waals surface area contributed by atoms with Gasteiger partial charge in [-0.05, 0) is 41.7 Å². The van der Waals surface area contributed by atoms with Crippen LogP contribution in [0.1, 0.15) is 79.6 Å². The summed E-state index contributed by atoms with van der Waals surface area (Å²) in [5.74, 6) is -0.433. The molecule has 2 heterocycles. The molecule has 2 aliphatic heterocycles. The number of hydrogen-bond acceptors (Lipinski definition) is 8. The number of rotatable bonds is 15. The molecule has 2 fully saturated rings. The first-order valence-corrected chi connectivity index (χ1v) is 16.8. The van der Waals surface area contributed by atoms with Crippen molar-refractivity contribution < 1.29 is 29.4 Å². The van der Waals surface area contributed by atoms with Gasteiger partial charge in [-0.3, -0.25) is 24.6 Å². The molecule has 252 valence electrons. The Kier molecular flexibility index (Phi) is 13.3. The third-order valence-electron chi connectivity index (χ3n) is 8.94. The van der Waals surface area contributed by atoms with Crippen molar-refractivity contribution in [3.05, 3.63) is 101 Å². The molecule has 0 unspecified atom stereocenters. The molecule has 0 spiro atoms. The van der Waals surface area contributed by atoms with Crippen molar-refractivity contribution in [1.82, 2.24) is 15.3 Å². The first-order chi connectivity index (χ1) is 23.0. The van der Waals surface area contributed by atoms with E-state index in [0.717, 1.165) is 87.3 Å². The van der Waals surface area contributed by atoms with Gasteiger partial charge >= 0.3 is 0 Å². The second-order valence-electron chi connectivity index (χ2n) is 12.5. The lowest BCUT2D eigenvalue weighted by atomic mass is 9.99. The van der Waals surface area contributed by atoms with Gasteiger partial charge in [0.25, 0.3) is 0 Å². The number of unbranched alkanes of at least 4 members (excludes halogenated alkanes) is 3. The first kappa shape index (κ1) is 34.7. The predicted octanol–water partition coefficient (Wildman–Crippen LogP) is 5.33. The second-order valence-corrected chi connectivity index (χ2v) is 12.5. The number of aliphatic hydroxyl groups is 1. The van der Waals surface area contributed by atoms with Crippen molar-refractivity contribution in [3.63, 3.8) is 0 Å². The van der Waals surface area contributed by atoms with E-state index in [9.17, 15) is 14.7 Å². The van der Waals surface area contributed by atoms with Crippen molar-refractivity contribution in [2.75, 3.05) is 38.0 Å². The molecule has 0 aliphatic carbocycles. The number of benzene rings is 3. The third kappa shape index (κ3) is 11.0. The summed E-state index contributed by atoms with van der Waals surface area (Å²) >= 11 is 0. The zero-order chi connectivity index (χ0) is 32.8. The van der Waals surface area contributed by atoms with Crippen LogP contribution < -0.4 is 10.8 Å². The summed E-state index contributed by atoms with van der Waals surface area (Å²) in [6.07, 6.45) is 3.80.